The molecule has 2 aromatic rings. The van der Waals surface area contributed by atoms with Crippen molar-refractivity contribution >= 4 is 23.3 Å². The van der Waals surface area contributed by atoms with Gasteiger partial charge in [-0.2, -0.15) is 0 Å². The number of carbonyl (C=O) groups excluding carboxylic acids is 2. The minimum Gasteiger partial charge on any atom is -0.490 e. The molecule has 3 amide bonds. The van der Waals surface area contributed by atoms with E-state index in [-0.39, 0.29) is 30.6 Å². The molecule has 0 radical (unpaired) electrons. The number of anilines is 2. The topological polar surface area (TPSA) is 138 Å². The molecule has 0 fully saturated rings. The molecule has 11 heteroatoms. The maximum absolute atomic E-state index is 14.0. The van der Waals surface area contributed by atoms with Crippen LogP contribution in [0.4, 0.5) is 16.2 Å². The third-order valence-corrected chi connectivity index (χ3v) is 6.99. The first kappa shape index (κ1) is 30.4. The second kappa shape index (κ2) is 14.3. The third-order valence-electron chi connectivity index (χ3n) is 6.99. The standard InChI is InChI=1S/C28H43N5O6/c1-17-15-33(18(2)16-34)27(35)23-13-22(30-28(36)31-26-20(4)32-39-21(26)5)10-11-24(23)38-19(3)9-7-8-12-37-25(17)14-29-6/h10-11,13,17-19,25,29,34H,7-9,12,14-16H2,1-6H3,(H2,30,31,36)/t17-,18-,19+,25+/m0/s1. The molecule has 4 atom stereocenters. The number of benzene rings is 1. The Labute approximate surface area is 230 Å². The molecule has 1 aromatic heterocycles. The highest BCUT2D eigenvalue weighted by Gasteiger charge is 2.29. The summed E-state index contributed by atoms with van der Waals surface area (Å²) in [6, 6.07) is 4.10. The quantitative estimate of drug-likeness (QED) is 0.428. The summed E-state index contributed by atoms with van der Waals surface area (Å²) in [5.74, 6) is 0.643. The summed E-state index contributed by atoms with van der Waals surface area (Å²) < 4.78 is 17.5. The zero-order valence-electron chi connectivity index (χ0n) is 23.9. The highest BCUT2D eigenvalue weighted by molar-refractivity contribution is 6.03. The fourth-order valence-corrected chi connectivity index (χ4v) is 4.63. The van der Waals surface area contributed by atoms with Gasteiger partial charge >= 0.3 is 6.03 Å². The molecular formula is C28H43N5O6. The van der Waals surface area contributed by atoms with Gasteiger partial charge in [0.2, 0.25) is 0 Å². The van der Waals surface area contributed by atoms with E-state index in [4.69, 9.17) is 14.0 Å². The van der Waals surface area contributed by atoms with E-state index >= 15 is 0 Å². The lowest BCUT2D eigenvalue weighted by Crippen LogP contribution is -2.47. The van der Waals surface area contributed by atoms with Crippen LogP contribution in [0.3, 0.4) is 0 Å². The molecule has 0 saturated heterocycles. The maximum atomic E-state index is 14.0. The van der Waals surface area contributed by atoms with Crippen molar-refractivity contribution in [1.82, 2.24) is 15.4 Å². The van der Waals surface area contributed by atoms with Crippen LogP contribution < -0.4 is 20.7 Å². The zero-order valence-corrected chi connectivity index (χ0v) is 23.9. The van der Waals surface area contributed by atoms with Crippen LogP contribution in [0.25, 0.3) is 0 Å². The van der Waals surface area contributed by atoms with Gasteiger partial charge in [0, 0.05) is 31.3 Å². The van der Waals surface area contributed by atoms with Crippen LogP contribution in [0.15, 0.2) is 22.7 Å². The predicted octanol–water partition coefficient (Wildman–Crippen LogP) is 3.95. The van der Waals surface area contributed by atoms with Gasteiger partial charge in [0.15, 0.2) is 5.76 Å². The number of nitrogens with zero attached hydrogens (tertiary/aromatic N) is 2. The van der Waals surface area contributed by atoms with E-state index in [0.717, 1.165) is 19.3 Å². The van der Waals surface area contributed by atoms with Crippen molar-refractivity contribution in [2.75, 3.05) is 44.0 Å². The Morgan fingerprint density at radius 1 is 1.23 bits per heavy atom. The number of aryl methyl sites for hydroxylation is 2. The van der Waals surface area contributed by atoms with E-state index in [9.17, 15) is 14.7 Å². The molecule has 1 aliphatic rings. The Hall–Kier alpha value is -3.15. The van der Waals surface area contributed by atoms with Crippen LogP contribution in [0.5, 0.6) is 5.75 Å². The minimum atomic E-state index is -0.492. The Kier molecular flexibility index (Phi) is 11.1. The van der Waals surface area contributed by atoms with Gasteiger partial charge in [-0.25, -0.2) is 4.79 Å². The van der Waals surface area contributed by atoms with Crippen molar-refractivity contribution in [2.24, 2.45) is 5.92 Å². The molecule has 0 unspecified atom stereocenters. The summed E-state index contributed by atoms with van der Waals surface area (Å²) in [4.78, 5) is 28.4. The number of hydrogen-bond donors (Lipinski definition) is 4. The minimum absolute atomic E-state index is 0.00349. The van der Waals surface area contributed by atoms with Crippen molar-refractivity contribution < 1.29 is 28.7 Å². The number of urea groups is 1. The number of nitrogens with one attached hydrogen (secondary N) is 3. The third kappa shape index (κ3) is 8.17. The summed E-state index contributed by atoms with van der Waals surface area (Å²) in [7, 11) is 1.88. The van der Waals surface area contributed by atoms with E-state index in [2.05, 4.69) is 28.0 Å². The number of aromatic nitrogens is 1. The smallest absolute Gasteiger partial charge is 0.323 e. The van der Waals surface area contributed by atoms with Gasteiger partial charge in [0.25, 0.3) is 5.91 Å². The number of aliphatic hydroxyl groups is 1. The van der Waals surface area contributed by atoms with E-state index in [1.165, 1.54) is 0 Å². The van der Waals surface area contributed by atoms with Crippen LogP contribution in [0.2, 0.25) is 0 Å². The molecular weight excluding hydrogens is 502 g/mol. The van der Waals surface area contributed by atoms with Crippen LogP contribution in [0.1, 0.15) is 61.8 Å². The van der Waals surface area contributed by atoms with Gasteiger partial charge in [-0.15, -0.1) is 0 Å². The Balaban J connectivity index is 1.94. The molecule has 0 spiro atoms. The van der Waals surface area contributed by atoms with Gasteiger partial charge in [-0.1, -0.05) is 12.1 Å². The first-order valence-corrected chi connectivity index (χ1v) is 13.6. The normalized spacial score (nSPS) is 21.9. The molecule has 0 aliphatic carbocycles. The number of carbonyl (C=O) groups is 2. The van der Waals surface area contributed by atoms with Gasteiger partial charge in [0.1, 0.15) is 17.1 Å². The van der Waals surface area contributed by atoms with Crippen LogP contribution in [-0.4, -0.2) is 78.7 Å². The first-order chi connectivity index (χ1) is 18.6. The van der Waals surface area contributed by atoms with E-state index in [1.807, 2.05) is 20.9 Å². The van der Waals surface area contributed by atoms with E-state index in [1.54, 1.807) is 36.9 Å². The molecule has 216 valence electrons. The number of rotatable bonds is 6. The molecule has 1 aliphatic heterocycles. The zero-order chi connectivity index (χ0) is 28.5. The number of aliphatic hydroxyl groups excluding tert-OH is 1. The lowest BCUT2D eigenvalue weighted by Gasteiger charge is -2.34. The second-order valence-electron chi connectivity index (χ2n) is 10.3. The van der Waals surface area contributed by atoms with Crippen molar-refractivity contribution in [3.05, 3.63) is 35.2 Å². The highest BCUT2D eigenvalue weighted by atomic mass is 16.5. The van der Waals surface area contributed by atoms with Crippen LogP contribution in [-0.2, 0) is 4.74 Å². The van der Waals surface area contributed by atoms with E-state index in [0.29, 0.717) is 53.8 Å². The lowest BCUT2D eigenvalue weighted by atomic mass is 10.0. The molecule has 1 aromatic carbocycles. The number of hydrogen-bond acceptors (Lipinski definition) is 8. The Morgan fingerprint density at radius 2 is 2.00 bits per heavy atom. The van der Waals surface area contributed by atoms with E-state index < -0.39 is 12.1 Å². The lowest BCUT2D eigenvalue weighted by molar-refractivity contribution is -0.000451. The fraction of sp³-hybridized carbons (Fsp3) is 0.607. The Morgan fingerprint density at radius 3 is 2.67 bits per heavy atom. The summed E-state index contributed by atoms with van der Waals surface area (Å²) in [5.41, 5.74) is 1.79. The summed E-state index contributed by atoms with van der Waals surface area (Å²) in [5, 5.41) is 22.6. The average molecular weight is 546 g/mol. The highest BCUT2D eigenvalue weighted by Crippen LogP contribution is 2.29. The van der Waals surface area contributed by atoms with Crippen molar-refractivity contribution in [2.45, 2.75) is 72.1 Å². The number of amides is 3. The monoisotopic (exact) mass is 545 g/mol. The first-order valence-electron chi connectivity index (χ1n) is 13.6. The van der Waals surface area contributed by atoms with Crippen molar-refractivity contribution in [1.29, 1.82) is 0 Å². The second-order valence-corrected chi connectivity index (χ2v) is 10.3. The molecule has 11 nitrogen and oxygen atoms in total. The largest absolute Gasteiger partial charge is 0.490 e. The average Bonchev–Trinajstić information content (AvgIpc) is 3.22. The van der Waals surface area contributed by atoms with Gasteiger partial charge in [-0.3, -0.25) is 4.79 Å². The molecule has 4 N–H and O–H groups in total. The van der Waals surface area contributed by atoms with Crippen molar-refractivity contribution in [3.63, 3.8) is 0 Å². The predicted molar refractivity (Wildman–Crippen MR) is 149 cm³/mol. The molecule has 3 rings (SSSR count). The maximum Gasteiger partial charge on any atom is 0.323 e. The summed E-state index contributed by atoms with van der Waals surface area (Å²) >= 11 is 0. The SMILES string of the molecule is CNC[C@H]1OCCCC[C@@H](C)Oc2ccc(NC(=O)Nc3c(C)noc3C)cc2C(=O)N([C@@H](C)CO)C[C@@H]1C. The number of likely N-dealkylation sites (N-methyl/N-ethyl adjacent to an activating group) is 1. The van der Waals surface area contributed by atoms with Crippen LogP contribution >= 0.6 is 0 Å². The van der Waals surface area contributed by atoms with Gasteiger partial charge < -0.3 is 40.0 Å². The summed E-state index contributed by atoms with van der Waals surface area (Å²) in [6.07, 6.45) is 2.43. The molecule has 0 bridgehead atoms. The Bertz CT molecular complexity index is 1090. The van der Waals surface area contributed by atoms with Crippen LogP contribution in [0, 0.1) is 19.8 Å². The summed E-state index contributed by atoms with van der Waals surface area (Å²) in [6.45, 7) is 10.8. The number of fused-ring (bicyclic) bond motifs is 1. The molecule has 39 heavy (non-hydrogen) atoms. The fourth-order valence-electron chi connectivity index (χ4n) is 4.63. The van der Waals surface area contributed by atoms with Gasteiger partial charge in [-0.05, 0) is 72.2 Å². The van der Waals surface area contributed by atoms with Gasteiger partial charge in [0.05, 0.1) is 30.4 Å². The number of ether oxygens (including phenoxy) is 2. The molecule has 2 heterocycles. The van der Waals surface area contributed by atoms with Crippen molar-refractivity contribution in [3.8, 4) is 5.75 Å². The molecule has 0 saturated carbocycles.